The highest BCUT2D eigenvalue weighted by Gasteiger charge is 2.21. The van der Waals surface area contributed by atoms with Crippen molar-refractivity contribution in [2.75, 3.05) is 0 Å². The second kappa shape index (κ2) is 7.63. The smallest absolute Gasteiger partial charge is 0.318 e. The molecule has 0 saturated heterocycles. The summed E-state index contributed by atoms with van der Waals surface area (Å²) in [5.74, 6) is 1.43. The molecular weight excluding hydrogens is 362 g/mol. The van der Waals surface area contributed by atoms with Crippen LogP contribution in [-0.2, 0) is 13.1 Å². The molecule has 7 nitrogen and oxygen atoms in total. The second-order valence-electron chi connectivity index (χ2n) is 6.17. The minimum absolute atomic E-state index is 0.181. The Labute approximate surface area is 160 Å². The molecule has 4 aromatic heterocycles. The van der Waals surface area contributed by atoms with Gasteiger partial charge in [-0.3, -0.25) is 4.40 Å². The summed E-state index contributed by atoms with van der Waals surface area (Å²) < 4.78 is 7.30. The van der Waals surface area contributed by atoms with Crippen LogP contribution in [0.4, 0.5) is 4.79 Å². The summed E-state index contributed by atoms with van der Waals surface area (Å²) in [5, 5.41) is 13.4. The molecule has 2 amide bonds. The molecule has 27 heavy (non-hydrogen) atoms. The minimum atomic E-state index is -0.294. The van der Waals surface area contributed by atoms with E-state index < -0.39 is 0 Å². The number of hydrogen-bond donors (Lipinski definition) is 1. The molecule has 0 aromatic carbocycles. The first kappa shape index (κ1) is 17.3. The van der Waals surface area contributed by atoms with Gasteiger partial charge in [0.15, 0.2) is 11.5 Å². The van der Waals surface area contributed by atoms with Crippen molar-refractivity contribution in [3.63, 3.8) is 0 Å². The standard InChI is InChI=1S/C19H19N5O2S/c1-14(18-22-21-17-8-2-3-9-24(17)18)20-19(25)23(12-15-6-4-10-26-15)13-16-7-5-11-27-16/h2-11,14H,12-13H2,1H3,(H,20,25). The molecule has 0 aliphatic heterocycles. The molecule has 0 radical (unpaired) electrons. The molecule has 4 rings (SSSR count). The Kier molecular flexibility index (Phi) is 4.88. The van der Waals surface area contributed by atoms with Gasteiger partial charge in [-0.2, -0.15) is 0 Å². The number of amides is 2. The third-order valence-electron chi connectivity index (χ3n) is 4.21. The lowest BCUT2D eigenvalue weighted by atomic mass is 10.3. The van der Waals surface area contributed by atoms with Gasteiger partial charge < -0.3 is 14.6 Å². The van der Waals surface area contributed by atoms with Gasteiger partial charge >= 0.3 is 6.03 Å². The van der Waals surface area contributed by atoms with Crippen molar-refractivity contribution >= 4 is 23.0 Å². The molecule has 4 aromatic rings. The van der Waals surface area contributed by atoms with Gasteiger partial charge in [-0.05, 0) is 42.6 Å². The predicted molar refractivity (Wildman–Crippen MR) is 102 cm³/mol. The van der Waals surface area contributed by atoms with Crippen molar-refractivity contribution in [3.8, 4) is 0 Å². The monoisotopic (exact) mass is 381 g/mol. The fraction of sp³-hybridized carbons (Fsp3) is 0.211. The van der Waals surface area contributed by atoms with Crippen molar-refractivity contribution in [2.45, 2.75) is 26.1 Å². The van der Waals surface area contributed by atoms with Crippen LogP contribution in [0.25, 0.3) is 5.65 Å². The molecule has 0 spiro atoms. The molecule has 4 heterocycles. The number of pyridine rings is 1. The number of fused-ring (bicyclic) bond motifs is 1. The zero-order valence-corrected chi connectivity index (χ0v) is 15.6. The van der Waals surface area contributed by atoms with E-state index in [1.807, 2.05) is 65.4 Å². The van der Waals surface area contributed by atoms with Crippen LogP contribution in [0.15, 0.2) is 64.7 Å². The molecule has 1 N–H and O–H groups in total. The van der Waals surface area contributed by atoms with E-state index in [1.165, 1.54) is 0 Å². The SMILES string of the molecule is CC(NC(=O)N(Cc1ccco1)Cc1cccs1)c1nnc2ccccn12. The van der Waals surface area contributed by atoms with Crippen molar-refractivity contribution in [1.29, 1.82) is 0 Å². The van der Waals surface area contributed by atoms with Crippen molar-refractivity contribution in [3.05, 3.63) is 76.8 Å². The molecular formula is C19H19N5O2S. The summed E-state index contributed by atoms with van der Waals surface area (Å²) in [6.45, 7) is 2.80. The van der Waals surface area contributed by atoms with Gasteiger partial charge in [0.05, 0.1) is 25.4 Å². The van der Waals surface area contributed by atoms with E-state index in [-0.39, 0.29) is 12.1 Å². The Hall–Kier alpha value is -3.13. The first-order valence-corrected chi connectivity index (χ1v) is 9.48. The summed E-state index contributed by atoms with van der Waals surface area (Å²) in [6.07, 6.45) is 3.50. The number of hydrogen-bond acceptors (Lipinski definition) is 5. The topological polar surface area (TPSA) is 75.7 Å². The lowest BCUT2D eigenvalue weighted by Gasteiger charge is -2.23. The van der Waals surface area contributed by atoms with Crippen molar-refractivity contribution < 1.29 is 9.21 Å². The summed E-state index contributed by atoms with van der Waals surface area (Å²) in [4.78, 5) is 15.8. The first-order valence-electron chi connectivity index (χ1n) is 8.60. The van der Waals surface area contributed by atoms with Gasteiger partial charge in [0.1, 0.15) is 5.76 Å². The maximum Gasteiger partial charge on any atom is 0.318 e. The Morgan fingerprint density at radius 1 is 1.22 bits per heavy atom. The summed E-state index contributed by atoms with van der Waals surface area (Å²) >= 11 is 1.62. The van der Waals surface area contributed by atoms with E-state index in [0.29, 0.717) is 18.9 Å². The number of nitrogens with one attached hydrogen (secondary N) is 1. The Bertz CT molecular complexity index is 974. The zero-order valence-electron chi connectivity index (χ0n) is 14.8. The number of aromatic nitrogens is 3. The van der Waals surface area contributed by atoms with Crippen molar-refractivity contribution in [2.24, 2.45) is 0 Å². The van der Waals surface area contributed by atoms with E-state index in [9.17, 15) is 4.79 Å². The van der Waals surface area contributed by atoms with Gasteiger partial charge in [0.2, 0.25) is 0 Å². The molecule has 1 unspecified atom stereocenters. The van der Waals surface area contributed by atoms with E-state index in [4.69, 9.17) is 4.42 Å². The Balaban J connectivity index is 1.51. The highest BCUT2D eigenvalue weighted by atomic mass is 32.1. The van der Waals surface area contributed by atoms with Gasteiger partial charge in [0.25, 0.3) is 0 Å². The minimum Gasteiger partial charge on any atom is -0.467 e. The first-order chi connectivity index (χ1) is 13.2. The number of thiophene rings is 1. The van der Waals surface area contributed by atoms with E-state index >= 15 is 0 Å². The highest BCUT2D eigenvalue weighted by Crippen LogP contribution is 2.17. The summed E-state index contributed by atoms with van der Waals surface area (Å²) in [7, 11) is 0. The number of rotatable bonds is 6. The molecule has 0 aliphatic carbocycles. The molecule has 0 aliphatic rings. The van der Waals surface area contributed by atoms with E-state index in [0.717, 1.165) is 16.3 Å². The summed E-state index contributed by atoms with van der Waals surface area (Å²) in [5.41, 5.74) is 0.750. The van der Waals surface area contributed by atoms with Gasteiger partial charge in [0, 0.05) is 11.1 Å². The van der Waals surface area contributed by atoms with Crippen molar-refractivity contribution in [1.82, 2.24) is 24.8 Å². The average Bonchev–Trinajstić information content (AvgIpc) is 3.42. The lowest BCUT2D eigenvalue weighted by molar-refractivity contribution is 0.184. The van der Waals surface area contributed by atoms with Crippen LogP contribution >= 0.6 is 11.3 Å². The third kappa shape index (κ3) is 3.85. The van der Waals surface area contributed by atoms with E-state index in [1.54, 1.807) is 22.5 Å². The van der Waals surface area contributed by atoms with Crippen LogP contribution < -0.4 is 5.32 Å². The van der Waals surface area contributed by atoms with Crippen LogP contribution in [0.5, 0.6) is 0 Å². The Morgan fingerprint density at radius 2 is 2.15 bits per heavy atom. The van der Waals surface area contributed by atoms with Gasteiger partial charge in [-0.25, -0.2) is 4.79 Å². The number of nitrogens with zero attached hydrogens (tertiary/aromatic N) is 4. The lowest BCUT2D eigenvalue weighted by Crippen LogP contribution is -2.40. The van der Waals surface area contributed by atoms with Crippen LogP contribution in [0.3, 0.4) is 0 Å². The fourth-order valence-corrected chi connectivity index (χ4v) is 3.60. The average molecular weight is 381 g/mol. The second-order valence-corrected chi connectivity index (χ2v) is 7.21. The molecule has 0 bridgehead atoms. The maximum atomic E-state index is 13.0. The van der Waals surface area contributed by atoms with E-state index in [2.05, 4.69) is 15.5 Å². The van der Waals surface area contributed by atoms with Crippen LogP contribution in [0, 0.1) is 0 Å². The largest absolute Gasteiger partial charge is 0.467 e. The molecule has 138 valence electrons. The van der Waals surface area contributed by atoms with Crippen LogP contribution in [0.1, 0.15) is 29.4 Å². The van der Waals surface area contributed by atoms with Gasteiger partial charge in [-0.15, -0.1) is 21.5 Å². The highest BCUT2D eigenvalue weighted by molar-refractivity contribution is 7.09. The fourth-order valence-electron chi connectivity index (χ4n) is 2.88. The predicted octanol–water partition coefficient (Wildman–Crippen LogP) is 3.86. The molecule has 1 atom stereocenters. The summed E-state index contributed by atoms with van der Waals surface area (Å²) in [6, 6.07) is 12.9. The molecule has 8 heteroatoms. The quantitative estimate of drug-likeness (QED) is 0.550. The van der Waals surface area contributed by atoms with Crippen LogP contribution in [0.2, 0.25) is 0 Å². The van der Waals surface area contributed by atoms with Crippen LogP contribution in [-0.4, -0.2) is 25.5 Å². The molecule has 0 fully saturated rings. The third-order valence-corrected chi connectivity index (χ3v) is 5.07. The number of carbonyl (C=O) groups is 1. The Morgan fingerprint density at radius 3 is 2.93 bits per heavy atom. The zero-order chi connectivity index (χ0) is 18.6. The van der Waals surface area contributed by atoms with Gasteiger partial charge in [-0.1, -0.05) is 12.1 Å². The number of urea groups is 1. The molecule has 0 saturated carbocycles. The number of furan rings is 1. The number of carbonyl (C=O) groups excluding carboxylic acids is 1. The normalized spacial score (nSPS) is 12.2. The maximum absolute atomic E-state index is 13.0.